The van der Waals surface area contributed by atoms with Crippen molar-refractivity contribution in [3.05, 3.63) is 255 Å². The van der Waals surface area contributed by atoms with Crippen LogP contribution in [0.15, 0.2) is 255 Å². The molecule has 11 aromatic rings. The quantitative estimate of drug-likeness (QED) is 0.0775. The molecule has 9 aromatic carbocycles. The molecular weight excluding hydrogens is 939 g/mol. The molecule has 4 N–H and O–H groups in total. The fourth-order valence-electron chi connectivity index (χ4n) is 7.75. The highest BCUT2D eigenvalue weighted by atomic mass is 31.2. The van der Waals surface area contributed by atoms with Crippen LogP contribution in [-0.2, 0) is 0 Å². The lowest BCUT2D eigenvalue weighted by Gasteiger charge is -2.31. The first-order valence-corrected chi connectivity index (χ1v) is 25.3. The molecule has 0 aliphatic rings. The number of hydrogen-bond donors (Lipinski definition) is 4. The Morgan fingerprint density at radius 2 is 0.685 bits per heavy atom. The first-order valence-electron chi connectivity index (χ1n) is 23.5. The van der Waals surface area contributed by atoms with Crippen molar-refractivity contribution < 1.29 is 4.89 Å². The van der Waals surface area contributed by atoms with E-state index in [-0.39, 0.29) is 0 Å². The summed E-state index contributed by atoms with van der Waals surface area (Å²) < 4.78 is 1.97. The van der Waals surface area contributed by atoms with E-state index in [1.165, 1.54) is 0 Å². The number of hydrogen-bond acceptors (Lipinski definition) is 11. The minimum atomic E-state index is -1.75. The van der Waals surface area contributed by atoms with Gasteiger partial charge in [-0.25, -0.2) is 9.97 Å². The van der Waals surface area contributed by atoms with Crippen molar-refractivity contribution in [1.82, 2.24) is 29.9 Å². The van der Waals surface area contributed by atoms with E-state index in [0.29, 0.717) is 35.2 Å². The maximum atomic E-state index is 11.8. The zero-order chi connectivity index (χ0) is 49.6. The Labute approximate surface area is 428 Å². The smallest absolute Gasteiger partial charge is 0.231 e. The molecule has 2 heterocycles. The molecule has 354 valence electrons. The van der Waals surface area contributed by atoms with Crippen molar-refractivity contribution in [2.45, 2.75) is 0 Å². The average molecular weight is 987 g/mol. The highest BCUT2D eigenvalue weighted by Gasteiger charge is 2.24. The third-order valence-electron chi connectivity index (χ3n) is 11.3. The Hall–Kier alpha value is -8.98. The van der Waals surface area contributed by atoms with Gasteiger partial charge in [-0.15, -0.1) is 9.24 Å². The van der Waals surface area contributed by atoms with Crippen LogP contribution in [0.5, 0.6) is 0 Å². The van der Waals surface area contributed by atoms with E-state index in [9.17, 15) is 4.89 Å². The monoisotopic (exact) mass is 986 g/mol. The number of para-hydroxylation sites is 6. The first-order chi connectivity index (χ1) is 36.0. The second kappa shape index (κ2) is 23.3. The molecule has 11 nitrogen and oxygen atoms in total. The molecule has 0 saturated carbocycles. The molecule has 0 radical (unpaired) electrons. The summed E-state index contributed by atoms with van der Waals surface area (Å²) in [7, 11) is 0.940. The molecule has 0 amide bonds. The van der Waals surface area contributed by atoms with Crippen molar-refractivity contribution in [2.75, 3.05) is 20.6 Å². The SMILES string of the molecule is OP(c1ccc(P)cc1)N(c1ccccc1)c1ccccc1Nc1nc(-c2ccccc2)nc(-c2ccccc2)n1.c1ccc(Nc2ccccc2Nc2nc(-c3ccccc3)nc(-c3ccccc3)n2)cc1. The van der Waals surface area contributed by atoms with Gasteiger partial charge in [-0.2, -0.15) is 19.9 Å². The van der Waals surface area contributed by atoms with Crippen LogP contribution in [0, 0.1) is 0 Å². The number of nitrogens with one attached hydrogen (secondary N) is 3. The van der Waals surface area contributed by atoms with Gasteiger partial charge in [0.05, 0.1) is 22.7 Å². The van der Waals surface area contributed by atoms with Gasteiger partial charge in [-0.3, -0.25) is 4.67 Å². The molecule has 2 atom stereocenters. The van der Waals surface area contributed by atoms with Crippen molar-refractivity contribution >= 4 is 74.2 Å². The van der Waals surface area contributed by atoms with Crippen LogP contribution in [-0.4, -0.2) is 34.8 Å². The van der Waals surface area contributed by atoms with Gasteiger partial charge in [0.15, 0.2) is 31.6 Å². The van der Waals surface area contributed by atoms with Crippen LogP contribution in [0.1, 0.15) is 0 Å². The van der Waals surface area contributed by atoms with Crippen LogP contribution in [0.4, 0.5) is 46.0 Å². The number of nitrogens with zero attached hydrogens (tertiary/aromatic N) is 7. The molecule has 0 bridgehead atoms. The summed E-state index contributed by atoms with van der Waals surface area (Å²) in [5.74, 6) is 3.28. The van der Waals surface area contributed by atoms with Gasteiger partial charge in [0.2, 0.25) is 11.9 Å². The van der Waals surface area contributed by atoms with Crippen molar-refractivity contribution in [2.24, 2.45) is 0 Å². The van der Waals surface area contributed by atoms with Gasteiger partial charge in [0.25, 0.3) is 0 Å². The van der Waals surface area contributed by atoms with Crippen LogP contribution in [0.25, 0.3) is 45.6 Å². The molecule has 0 saturated heterocycles. The molecule has 2 aromatic heterocycles. The largest absolute Gasteiger partial charge is 0.354 e. The lowest BCUT2D eigenvalue weighted by atomic mass is 10.2. The lowest BCUT2D eigenvalue weighted by Crippen LogP contribution is -2.19. The molecule has 73 heavy (non-hydrogen) atoms. The summed E-state index contributed by atoms with van der Waals surface area (Å²) in [5.41, 5.74) is 8.90. The fourth-order valence-corrected chi connectivity index (χ4v) is 9.32. The summed E-state index contributed by atoms with van der Waals surface area (Å²) in [6, 6.07) is 83.3. The second-order valence-electron chi connectivity index (χ2n) is 16.4. The minimum absolute atomic E-state index is 0.410. The Morgan fingerprint density at radius 1 is 0.342 bits per heavy atom. The summed E-state index contributed by atoms with van der Waals surface area (Å²) in [6.45, 7) is 0. The van der Waals surface area contributed by atoms with Gasteiger partial charge in [0, 0.05) is 38.9 Å². The highest BCUT2D eigenvalue weighted by Crippen LogP contribution is 2.48. The third-order valence-corrected chi connectivity index (χ3v) is 13.3. The normalized spacial score (nSPS) is 11.1. The van der Waals surface area contributed by atoms with Gasteiger partial charge in [0.1, 0.15) is 0 Å². The Balaban J connectivity index is 0.000000173. The number of rotatable bonds is 14. The van der Waals surface area contributed by atoms with E-state index in [4.69, 9.17) is 29.9 Å². The van der Waals surface area contributed by atoms with Gasteiger partial charge in [-0.1, -0.05) is 194 Å². The van der Waals surface area contributed by atoms with Crippen molar-refractivity contribution in [1.29, 1.82) is 0 Å². The zero-order valence-corrected chi connectivity index (χ0v) is 41.4. The number of anilines is 8. The van der Waals surface area contributed by atoms with Crippen LogP contribution in [0.2, 0.25) is 0 Å². The molecule has 0 aliphatic carbocycles. The Kier molecular flexibility index (Phi) is 15.2. The Morgan fingerprint density at radius 3 is 1.12 bits per heavy atom. The van der Waals surface area contributed by atoms with E-state index in [1.807, 2.05) is 259 Å². The topological polar surface area (TPSA) is 137 Å². The molecule has 0 spiro atoms. The predicted octanol–water partition coefficient (Wildman–Crippen LogP) is 13.9. The number of aromatic nitrogens is 6. The lowest BCUT2D eigenvalue weighted by molar-refractivity contribution is 0.634. The van der Waals surface area contributed by atoms with Crippen LogP contribution in [0.3, 0.4) is 0 Å². The van der Waals surface area contributed by atoms with E-state index in [0.717, 1.165) is 67.0 Å². The van der Waals surface area contributed by atoms with E-state index in [2.05, 4.69) is 25.2 Å². The van der Waals surface area contributed by atoms with Crippen LogP contribution < -0.4 is 31.2 Å². The molecule has 11 rings (SSSR count). The maximum absolute atomic E-state index is 11.8. The molecule has 2 unspecified atom stereocenters. The summed E-state index contributed by atoms with van der Waals surface area (Å²) in [6.07, 6.45) is 0. The van der Waals surface area contributed by atoms with E-state index < -0.39 is 8.30 Å². The Bertz CT molecular complexity index is 3400. The molecule has 0 aliphatic heterocycles. The molecule has 0 fully saturated rings. The zero-order valence-electron chi connectivity index (χ0n) is 39.4. The molecular formula is C60H48N10OP2. The van der Waals surface area contributed by atoms with Crippen molar-refractivity contribution in [3.63, 3.8) is 0 Å². The van der Waals surface area contributed by atoms with Crippen molar-refractivity contribution in [3.8, 4) is 45.6 Å². The highest BCUT2D eigenvalue weighted by molar-refractivity contribution is 7.62. The standard InChI is InChI=1S/C33H27N5OP2.C27H21N5/c39-41(28-22-20-27(40)21-23-28)38(26-16-8-3-9-17-26)30-19-11-10-18-29(30)34-33-36-31(24-12-4-1-5-13-24)35-32(37-33)25-14-6-2-7-15-25;1-4-12-20(13-5-1)25-30-26(21-14-6-2-7-15-21)32-27(31-25)29-24-19-11-10-18-23(24)28-22-16-8-3-9-17-22/h1-23,39H,40H2,(H,34,35,36,37);1-19,28H,(H,29,30,31,32). The first kappa shape index (κ1) is 47.7. The van der Waals surface area contributed by atoms with Gasteiger partial charge >= 0.3 is 0 Å². The van der Waals surface area contributed by atoms with E-state index in [1.54, 1.807) is 0 Å². The van der Waals surface area contributed by atoms with Gasteiger partial charge < -0.3 is 20.8 Å². The summed E-state index contributed by atoms with van der Waals surface area (Å²) in [5, 5.41) is 12.2. The van der Waals surface area contributed by atoms with Crippen LogP contribution >= 0.6 is 17.5 Å². The third kappa shape index (κ3) is 12.1. The van der Waals surface area contributed by atoms with E-state index >= 15 is 0 Å². The fraction of sp³-hybridized carbons (Fsp3) is 0. The summed E-state index contributed by atoms with van der Waals surface area (Å²) in [4.78, 5) is 40.3. The summed E-state index contributed by atoms with van der Waals surface area (Å²) >= 11 is 0. The number of benzene rings is 9. The average Bonchev–Trinajstić information content (AvgIpc) is 3.46. The van der Waals surface area contributed by atoms with Gasteiger partial charge in [-0.05, 0) is 66.0 Å². The predicted molar refractivity (Wildman–Crippen MR) is 304 cm³/mol. The minimum Gasteiger partial charge on any atom is -0.354 e. The molecule has 13 heteroatoms. The maximum Gasteiger partial charge on any atom is 0.231 e. The second-order valence-corrected chi connectivity index (χ2v) is 18.6.